The highest BCUT2D eigenvalue weighted by atomic mass is 127. The van der Waals surface area contributed by atoms with E-state index in [1.54, 1.807) is 14.2 Å². The third-order valence-corrected chi connectivity index (χ3v) is 4.46. The molecule has 1 aromatic rings. The van der Waals surface area contributed by atoms with Gasteiger partial charge in [0.1, 0.15) is 5.75 Å². The highest BCUT2D eigenvalue weighted by molar-refractivity contribution is 14.0. The zero-order chi connectivity index (χ0) is 19.8. The second-order valence-electron chi connectivity index (χ2n) is 6.68. The summed E-state index contributed by atoms with van der Waals surface area (Å²) in [5.41, 5.74) is 0.994. The van der Waals surface area contributed by atoms with E-state index in [0.717, 1.165) is 30.9 Å². The highest BCUT2D eigenvalue weighted by Gasteiger charge is 2.25. The molecular weight excluding hydrogens is 495 g/mol. The predicted octanol–water partition coefficient (Wildman–Crippen LogP) is 3.05. The Kier molecular flexibility index (Phi) is 10.7. The molecule has 1 unspecified atom stereocenters. The fourth-order valence-corrected chi connectivity index (χ4v) is 3.17. The molecule has 2 rings (SSSR count). The summed E-state index contributed by atoms with van der Waals surface area (Å²) < 4.78 is 10.6. The van der Waals surface area contributed by atoms with Crippen molar-refractivity contribution in [1.29, 1.82) is 0 Å². The van der Waals surface area contributed by atoms with E-state index in [9.17, 15) is 4.79 Å². The minimum Gasteiger partial charge on any atom is -0.495 e. The molecule has 0 amide bonds. The second kappa shape index (κ2) is 12.2. The molecular formula is C19H30ClIN4O3. The molecule has 1 aliphatic heterocycles. The Morgan fingerprint density at radius 1 is 1.43 bits per heavy atom. The number of aliphatic imine (C=N–C) groups is 1. The van der Waals surface area contributed by atoms with Gasteiger partial charge in [-0.15, -0.1) is 24.0 Å². The Labute approximate surface area is 189 Å². The summed E-state index contributed by atoms with van der Waals surface area (Å²) in [5, 5.41) is 7.25. The molecule has 0 aromatic heterocycles. The quantitative estimate of drug-likeness (QED) is 0.247. The van der Waals surface area contributed by atoms with Crippen molar-refractivity contribution in [2.75, 3.05) is 38.7 Å². The number of rotatable bonds is 7. The smallest absolute Gasteiger partial charge is 0.307 e. The zero-order valence-electron chi connectivity index (χ0n) is 16.8. The fourth-order valence-electron chi connectivity index (χ4n) is 3.00. The van der Waals surface area contributed by atoms with Gasteiger partial charge in [-0.2, -0.15) is 0 Å². The number of esters is 1. The maximum Gasteiger partial charge on any atom is 0.307 e. The number of guanidine groups is 1. The van der Waals surface area contributed by atoms with Crippen LogP contribution in [0.25, 0.3) is 0 Å². The summed E-state index contributed by atoms with van der Waals surface area (Å²) in [5.74, 6) is 1.27. The summed E-state index contributed by atoms with van der Waals surface area (Å²) in [7, 11) is 3.38. The van der Waals surface area contributed by atoms with Crippen molar-refractivity contribution < 1.29 is 14.3 Å². The Morgan fingerprint density at radius 3 is 2.82 bits per heavy atom. The maximum atomic E-state index is 11.6. The van der Waals surface area contributed by atoms with Crippen LogP contribution in [0.3, 0.4) is 0 Å². The molecule has 0 spiro atoms. The van der Waals surface area contributed by atoms with E-state index in [2.05, 4.69) is 20.5 Å². The lowest BCUT2D eigenvalue weighted by Gasteiger charge is -2.22. The molecule has 1 aromatic carbocycles. The molecule has 158 valence electrons. The average Bonchev–Trinajstić information content (AvgIpc) is 3.08. The summed E-state index contributed by atoms with van der Waals surface area (Å²) in [6, 6.07) is 5.87. The van der Waals surface area contributed by atoms with Crippen LogP contribution >= 0.6 is 35.6 Å². The second-order valence-corrected chi connectivity index (χ2v) is 7.12. The van der Waals surface area contributed by atoms with E-state index in [1.165, 1.54) is 0 Å². The average molecular weight is 525 g/mol. The van der Waals surface area contributed by atoms with Gasteiger partial charge in [0.25, 0.3) is 0 Å². The fraction of sp³-hybridized carbons (Fsp3) is 0.579. The van der Waals surface area contributed by atoms with Crippen LogP contribution in [0, 0.1) is 0 Å². The van der Waals surface area contributed by atoms with Crippen molar-refractivity contribution in [2.24, 2.45) is 4.99 Å². The van der Waals surface area contributed by atoms with Crippen LogP contribution in [-0.2, 0) is 9.53 Å². The molecule has 0 radical (unpaired) electrons. The lowest BCUT2D eigenvalue weighted by molar-refractivity contribution is -0.147. The van der Waals surface area contributed by atoms with Gasteiger partial charge in [0.05, 0.1) is 25.3 Å². The summed E-state index contributed by atoms with van der Waals surface area (Å²) in [6.07, 6.45) is 1.17. The highest BCUT2D eigenvalue weighted by Crippen LogP contribution is 2.33. The Hall–Kier alpha value is -1.42. The van der Waals surface area contributed by atoms with E-state index in [1.807, 2.05) is 32.0 Å². The van der Waals surface area contributed by atoms with Crippen molar-refractivity contribution in [2.45, 2.75) is 38.8 Å². The van der Waals surface area contributed by atoms with Gasteiger partial charge in [0.15, 0.2) is 5.96 Å². The minimum atomic E-state index is -0.215. The minimum absolute atomic E-state index is 0. The molecule has 1 fully saturated rings. The molecule has 0 aliphatic carbocycles. The number of ether oxygens (including phenoxy) is 2. The van der Waals surface area contributed by atoms with E-state index < -0.39 is 0 Å². The molecule has 7 nitrogen and oxygen atoms in total. The summed E-state index contributed by atoms with van der Waals surface area (Å²) in [6.45, 7) is 5.86. The van der Waals surface area contributed by atoms with Gasteiger partial charge in [-0.05, 0) is 38.5 Å². The number of halogens is 2. The molecule has 0 saturated carbocycles. The lowest BCUT2D eigenvalue weighted by atomic mass is 10.2. The Bertz CT molecular complexity index is 673. The normalized spacial score (nSPS) is 16.6. The van der Waals surface area contributed by atoms with Crippen LogP contribution in [0.15, 0.2) is 23.2 Å². The molecule has 1 heterocycles. The predicted molar refractivity (Wildman–Crippen MR) is 124 cm³/mol. The van der Waals surface area contributed by atoms with Crippen LogP contribution in [-0.4, -0.2) is 57.9 Å². The van der Waals surface area contributed by atoms with Crippen LogP contribution in [0.4, 0.5) is 5.69 Å². The van der Waals surface area contributed by atoms with Crippen molar-refractivity contribution in [3.05, 3.63) is 23.2 Å². The van der Waals surface area contributed by atoms with Gasteiger partial charge < -0.3 is 25.0 Å². The van der Waals surface area contributed by atoms with Crippen LogP contribution in [0.5, 0.6) is 5.75 Å². The molecule has 0 bridgehead atoms. The first-order valence-corrected chi connectivity index (χ1v) is 9.56. The zero-order valence-corrected chi connectivity index (χ0v) is 19.9. The van der Waals surface area contributed by atoms with E-state index in [4.69, 9.17) is 21.1 Å². The van der Waals surface area contributed by atoms with Gasteiger partial charge in [-0.1, -0.05) is 11.6 Å². The summed E-state index contributed by atoms with van der Waals surface area (Å²) in [4.78, 5) is 18.1. The Balaban J connectivity index is 0.00000392. The van der Waals surface area contributed by atoms with Crippen molar-refractivity contribution in [1.82, 2.24) is 10.6 Å². The maximum absolute atomic E-state index is 11.6. The first-order chi connectivity index (χ1) is 12.9. The van der Waals surface area contributed by atoms with E-state index >= 15 is 0 Å². The number of nitrogens with one attached hydrogen (secondary N) is 2. The Morgan fingerprint density at radius 2 is 2.18 bits per heavy atom. The van der Waals surface area contributed by atoms with E-state index in [-0.39, 0.29) is 42.1 Å². The van der Waals surface area contributed by atoms with Gasteiger partial charge in [-0.3, -0.25) is 9.79 Å². The van der Waals surface area contributed by atoms with Crippen molar-refractivity contribution in [3.63, 3.8) is 0 Å². The number of methoxy groups -OCH3 is 1. The lowest BCUT2D eigenvalue weighted by Crippen LogP contribution is -2.45. The number of hydrogen-bond donors (Lipinski definition) is 2. The first-order valence-electron chi connectivity index (χ1n) is 9.18. The van der Waals surface area contributed by atoms with Crippen LogP contribution in [0.2, 0.25) is 5.02 Å². The number of nitrogens with zero attached hydrogens (tertiary/aromatic N) is 2. The molecule has 2 N–H and O–H groups in total. The number of hydrogen-bond acceptors (Lipinski definition) is 5. The van der Waals surface area contributed by atoms with Crippen LogP contribution in [0.1, 0.15) is 26.7 Å². The van der Waals surface area contributed by atoms with Gasteiger partial charge in [0, 0.05) is 37.7 Å². The van der Waals surface area contributed by atoms with Gasteiger partial charge in [0.2, 0.25) is 0 Å². The third-order valence-electron chi connectivity index (χ3n) is 4.22. The SMILES string of the molecule is CN=C(NCCC(=O)OC(C)C)NC1CCN(c2cc(Cl)ccc2OC)C1.I. The number of carbonyl (C=O) groups is 1. The molecule has 28 heavy (non-hydrogen) atoms. The van der Waals surface area contributed by atoms with Gasteiger partial charge >= 0.3 is 5.97 Å². The number of anilines is 1. The largest absolute Gasteiger partial charge is 0.495 e. The van der Waals surface area contributed by atoms with Crippen molar-refractivity contribution >= 4 is 53.2 Å². The number of carbonyl (C=O) groups excluding carboxylic acids is 1. The molecule has 1 saturated heterocycles. The topological polar surface area (TPSA) is 75.2 Å². The standard InChI is InChI=1S/C19H29ClN4O3.HI/c1-13(2)27-18(25)7-9-22-19(21-3)23-15-8-10-24(12-15)16-11-14(20)5-6-17(16)26-4;/h5-6,11,13,15H,7-10,12H2,1-4H3,(H2,21,22,23);1H. The molecule has 9 heteroatoms. The van der Waals surface area contributed by atoms with Gasteiger partial charge in [-0.25, -0.2) is 0 Å². The van der Waals surface area contributed by atoms with E-state index in [0.29, 0.717) is 23.9 Å². The molecule has 1 aliphatic rings. The third kappa shape index (κ3) is 7.54. The molecule has 1 atom stereocenters. The first kappa shape index (κ1) is 24.6. The summed E-state index contributed by atoms with van der Waals surface area (Å²) >= 11 is 6.14. The van der Waals surface area contributed by atoms with Crippen LogP contribution < -0.4 is 20.3 Å². The number of benzene rings is 1. The van der Waals surface area contributed by atoms with Crippen molar-refractivity contribution in [3.8, 4) is 5.75 Å². The monoisotopic (exact) mass is 524 g/mol.